The Morgan fingerprint density at radius 3 is 1.80 bits per heavy atom. The molecular formula is C9H21N. The number of hydrogen-bond acceptors (Lipinski definition) is 1. The lowest BCUT2D eigenvalue weighted by Gasteiger charge is -2.38. The molecule has 0 aromatic rings. The van der Waals surface area contributed by atoms with Crippen LogP contribution in [0.5, 0.6) is 0 Å². The Morgan fingerprint density at radius 1 is 1.30 bits per heavy atom. The molecule has 0 aliphatic carbocycles. The van der Waals surface area contributed by atoms with Crippen LogP contribution in [0.25, 0.3) is 0 Å². The van der Waals surface area contributed by atoms with E-state index in [0.717, 1.165) is 5.92 Å². The monoisotopic (exact) mass is 143 g/mol. The van der Waals surface area contributed by atoms with Gasteiger partial charge in [-0.25, -0.2) is 0 Å². The van der Waals surface area contributed by atoms with Crippen molar-refractivity contribution in [2.45, 2.75) is 39.7 Å². The second kappa shape index (κ2) is 3.38. The van der Waals surface area contributed by atoms with Gasteiger partial charge in [0.2, 0.25) is 0 Å². The molecule has 0 aliphatic rings. The van der Waals surface area contributed by atoms with Crippen molar-refractivity contribution in [3.63, 3.8) is 0 Å². The van der Waals surface area contributed by atoms with Crippen LogP contribution < -0.4 is 0 Å². The quantitative estimate of drug-likeness (QED) is 0.586. The number of nitrogens with zero attached hydrogens (tertiary/aromatic N) is 1. The molecule has 0 aromatic carbocycles. The van der Waals surface area contributed by atoms with Gasteiger partial charge in [-0.1, -0.05) is 20.3 Å². The third-order valence-electron chi connectivity index (χ3n) is 2.97. The lowest BCUT2D eigenvalue weighted by molar-refractivity contribution is 0.123. The molecule has 0 radical (unpaired) electrons. The highest BCUT2D eigenvalue weighted by Crippen LogP contribution is 2.23. The predicted molar refractivity (Wildman–Crippen MR) is 47.2 cm³/mol. The van der Waals surface area contributed by atoms with Crippen molar-refractivity contribution >= 4 is 0 Å². The molecule has 0 N–H and O–H groups in total. The van der Waals surface area contributed by atoms with Crippen molar-refractivity contribution in [1.29, 1.82) is 0 Å². The van der Waals surface area contributed by atoms with E-state index in [9.17, 15) is 0 Å². The maximum absolute atomic E-state index is 2.31. The van der Waals surface area contributed by atoms with Gasteiger partial charge in [0.25, 0.3) is 0 Å². The van der Waals surface area contributed by atoms with Gasteiger partial charge in [0, 0.05) is 5.54 Å². The fourth-order valence-electron chi connectivity index (χ4n) is 0.940. The highest BCUT2D eigenvalue weighted by atomic mass is 15.1. The summed E-state index contributed by atoms with van der Waals surface area (Å²) < 4.78 is 0. The molecule has 0 saturated carbocycles. The van der Waals surface area contributed by atoms with Gasteiger partial charge in [-0.2, -0.15) is 0 Å². The van der Waals surface area contributed by atoms with Gasteiger partial charge in [-0.15, -0.1) is 0 Å². The molecule has 0 fully saturated rings. The molecule has 0 amide bonds. The maximum Gasteiger partial charge on any atom is 0.0172 e. The van der Waals surface area contributed by atoms with Gasteiger partial charge in [-0.05, 0) is 33.9 Å². The largest absolute Gasteiger partial charge is 0.304 e. The highest BCUT2D eigenvalue weighted by molar-refractivity contribution is 4.81. The van der Waals surface area contributed by atoms with E-state index in [4.69, 9.17) is 0 Å². The normalized spacial score (nSPS) is 15.9. The summed E-state index contributed by atoms with van der Waals surface area (Å²) in [6, 6.07) is 0. The summed E-state index contributed by atoms with van der Waals surface area (Å²) in [4.78, 5) is 2.29. The zero-order valence-electron chi connectivity index (χ0n) is 8.23. The van der Waals surface area contributed by atoms with E-state index in [1.807, 2.05) is 0 Å². The van der Waals surface area contributed by atoms with Crippen molar-refractivity contribution in [3.8, 4) is 0 Å². The molecule has 1 nitrogen and oxygen atoms in total. The third-order valence-corrected chi connectivity index (χ3v) is 2.97. The van der Waals surface area contributed by atoms with Crippen molar-refractivity contribution in [3.05, 3.63) is 0 Å². The van der Waals surface area contributed by atoms with Gasteiger partial charge < -0.3 is 4.90 Å². The van der Waals surface area contributed by atoms with Gasteiger partial charge in [0.15, 0.2) is 0 Å². The van der Waals surface area contributed by atoms with E-state index in [1.165, 1.54) is 6.42 Å². The summed E-state index contributed by atoms with van der Waals surface area (Å²) in [6.07, 6.45) is 1.26. The van der Waals surface area contributed by atoms with Crippen molar-refractivity contribution < 1.29 is 0 Å². The average molecular weight is 143 g/mol. The summed E-state index contributed by atoms with van der Waals surface area (Å²) >= 11 is 0. The molecule has 1 unspecified atom stereocenters. The minimum atomic E-state index is 0.342. The standard InChI is InChI=1S/C9H21N/c1-7-8(2)9(3,4)10(5)6/h8H,7H2,1-6H3. The van der Waals surface area contributed by atoms with Gasteiger partial charge in [0.05, 0.1) is 0 Å². The van der Waals surface area contributed by atoms with Crippen molar-refractivity contribution in [2.24, 2.45) is 5.92 Å². The van der Waals surface area contributed by atoms with E-state index < -0.39 is 0 Å². The third kappa shape index (κ3) is 1.98. The zero-order valence-corrected chi connectivity index (χ0v) is 8.23. The summed E-state index contributed by atoms with van der Waals surface area (Å²) in [6.45, 7) is 9.14. The Balaban J connectivity index is 4.09. The van der Waals surface area contributed by atoms with Crippen LogP contribution >= 0.6 is 0 Å². The van der Waals surface area contributed by atoms with Crippen LogP contribution in [0, 0.1) is 5.92 Å². The Bertz CT molecular complexity index is 94.9. The minimum Gasteiger partial charge on any atom is -0.304 e. The SMILES string of the molecule is CCC(C)C(C)(C)N(C)C. The molecule has 0 aliphatic heterocycles. The van der Waals surface area contributed by atoms with Crippen LogP contribution in [0.2, 0.25) is 0 Å². The van der Waals surface area contributed by atoms with Crippen LogP contribution in [0.3, 0.4) is 0 Å². The lowest BCUT2D eigenvalue weighted by Crippen LogP contribution is -2.43. The summed E-state index contributed by atoms with van der Waals surface area (Å²) in [5, 5.41) is 0. The Hall–Kier alpha value is -0.0400. The Labute approximate surface area is 65.4 Å². The smallest absolute Gasteiger partial charge is 0.0172 e. The molecule has 62 valence electrons. The van der Waals surface area contributed by atoms with Crippen LogP contribution in [0.15, 0.2) is 0 Å². The minimum absolute atomic E-state index is 0.342. The fourth-order valence-corrected chi connectivity index (χ4v) is 0.940. The number of rotatable bonds is 3. The molecule has 0 rings (SSSR count). The first-order valence-electron chi connectivity index (χ1n) is 4.10. The van der Waals surface area contributed by atoms with E-state index in [1.54, 1.807) is 0 Å². The molecule has 0 spiro atoms. The zero-order chi connectivity index (χ0) is 8.36. The molecular weight excluding hydrogens is 122 g/mol. The summed E-state index contributed by atoms with van der Waals surface area (Å²) in [5.41, 5.74) is 0.342. The van der Waals surface area contributed by atoms with E-state index >= 15 is 0 Å². The predicted octanol–water partition coefficient (Wildman–Crippen LogP) is 2.37. The first-order chi connectivity index (χ1) is 4.42. The Morgan fingerprint density at radius 2 is 1.70 bits per heavy atom. The van der Waals surface area contributed by atoms with E-state index in [0.29, 0.717) is 5.54 Å². The summed E-state index contributed by atoms with van der Waals surface area (Å²) in [5.74, 6) is 0.766. The first kappa shape index (κ1) is 9.96. The van der Waals surface area contributed by atoms with Crippen molar-refractivity contribution in [1.82, 2.24) is 4.90 Å². The summed E-state index contributed by atoms with van der Waals surface area (Å²) in [7, 11) is 4.29. The van der Waals surface area contributed by atoms with E-state index in [-0.39, 0.29) is 0 Å². The Kier molecular flexibility index (Phi) is 3.37. The molecule has 1 atom stereocenters. The maximum atomic E-state index is 2.31. The second-order valence-electron chi connectivity index (χ2n) is 3.86. The second-order valence-corrected chi connectivity index (χ2v) is 3.86. The molecule has 0 bridgehead atoms. The molecule has 0 heterocycles. The lowest BCUT2D eigenvalue weighted by atomic mass is 9.86. The van der Waals surface area contributed by atoms with Crippen LogP contribution in [0.4, 0.5) is 0 Å². The van der Waals surface area contributed by atoms with Crippen LogP contribution in [-0.4, -0.2) is 24.5 Å². The van der Waals surface area contributed by atoms with E-state index in [2.05, 4.69) is 46.7 Å². The van der Waals surface area contributed by atoms with Gasteiger partial charge >= 0.3 is 0 Å². The molecule has 1 heteroatoms. The highest BCUT2D eigenvalue weighted by Gasteiger charge is 2.25. The first-order valence-corrected chi connectivity index (χ1v) is 4.10. The average Bonchev–Trinajstić information content (AvgIpc) is 1.86. The number of hydrogen-bond donors (Lipinski definition) is 0. The molecule has 0 aromatic heterocycles. The molecule has 0 saturated heterocycles. The van der Waals surface area contributed by atoms with Crippen molar-refractivity contribution in [2.75, 3.05) is 14.1 Å². The van der Waals surface area contributed by atoms with Crippen LogP contribution in [0.1, 0.15) is 34.1 Å². The molecule has 10 heavy (non-hydrogen) atoms. The fraction of sp³-hybridized carbons (Fsp3) is 1.00. The van der Waals surface area contributed by atoms with Gasteiger partial charge in [-0.3, -0.25) is 0 Å². The van der Waals surface area contributed by atoms with Gasteiger partial charge in [0.1, 0.15) is 0 Å². The van der Waals surface area contributed by atoms with Crippen LogP contribution in [-0.2, 0) is 0 Å². The topological polar surface area (TPSA) is 3.24 Å².